The van der Waals surface area contributed by atoms with Gasteiger partial charge in [0, 0.05) is 5.56 Å². The van der Waals surface area contributed by atoms with Gasteiger partial charge in [-0.1, -0.05) is 18.2 Å². The van der Waals surface area contributed by atoms with Crippen molar-refractivity contribution in [3.8, 4) is 5.75 Å². The molecule has 1 heterocycles. The van der Waals surface area contributed by atoms with Crippen molar-refractivity contribution < 1.29 is 4.74 Å². The number of fused-ring (bicyclic) bond motifs is 1. The second kappa shape index (κ2) is 3.11. The molecule has 1 aliphatic rings. The lowest BCUT2D eigenvalue weighted by Crippen LogP contribution is -2.10. The zero-order chi connectivity index (χ0) is 6.97. The summed E-state index contributed by atoms with van der Waals surface area (Å²) in [6, 6.07) is 7.97. The van der Waals surface area contributed by atoms with E-state index >= 15 is 0 Å². The number of halogens is 1. The molecule has 3 heteroatoms. The lowest BCUT2D eigenvalue weighted by Gasteiger charge is -1.96. The predicted molar refractivity (Wildman–Crippen MR) is 46.1 cm³/mol. The molecule has 0 saturated heterocycles. The smallest absolute Gasteiger partial charge is 0.124 e. The van der Waals surface area contributed by atoms with E-state index in [0.29, 0.717) is 6.61 Å². The van der Waals surface area contributed by atoms with Gasteiger partial charge in [-0.25, -0.2) is 0 Å². The van der Waals surface area contributed by atoms with Crippen molar-refractivity contribution in [1.29, 1.82) is 0 Å². The van der Waals surface area contributed by atoms with Crippen molar-refractivity contribution in [2.24, 2.45) is 5.73 Å². The van der Waals surface area contributed by atoms with Crippen molar-refractivity contribution in [3.05, 3.63) is 29.8 Å². The van der Waals surface area contributed by atoms with Gasteiger partial charge in [-0.2, -0.15) is 0 Å². The van der Waals surface area contributed by atoms with Crippen molar-refractivity contribution in [3.63, 3.8) is 0 Å². The largest absolute Gasteiger partial charge is 0.491 e. The number of benzene rings is 1. The van der Waals surface area contributed by atoms with Gasteiger partial charge in [-0.15, -0.1) is 12.4 Å². The molecule has 1 aromatic carbocycles. The van der Waals surface area contributed by atoms with Crippen LogP contribution in [-0.2, 0) is 0 Å². The van der Waals surface area contributed by atoms with Crippen LogP contribution in [0.25, 0.3) is 0 Å². The van der Waals surface area contributed by atoms with Crippen LogP contribution in [0, 0.1) is 0 Å². The molecular weight excluding hydrogens is 162 g/mol. The van der Waals surface area contributed by atoms with E-state index in [1.54, 1.807) is 0 Å². The summed E-state index contributed by atoms with van der Waals surface area (Å²) < 4.78 is 5.29. The first kappa shape index (κ1) is 8.37. The number of hydrogen-bond donors (Lipinski definition) is 1. The fourth-order valence-electron chi connectivity index (χ4n) is 1.19. The average Bonchev–Trinajstić information content (AvgIpc) is 2.34. The number of hydrogen-bond acceptors (Lipinski definition) is 2. The molecule has 1 aromatic rings. The Morgan fingerprint density at radius 1 is 1.36 bits per heavy atom. The first-order valence-electron chi connectivity index (χ1n) is 3.35. The van der Waals surface area contributed by atoms with Gasteiger partial charge in [0.1, 0.15) is 12.4 Å². The number of ether oxygens (including phenoxy) is 1. The average molecular weight is 172 g/mol. The Labute approximate surface area is 71.8 Å². The maximum absolute atomic E-state index is 5.72. The van der Waals surface area contributed by atoms with Gasteiger partial charge < -0.3 is 10.5 Å². The standard InChI is InChI=1S/C8H9NO.ClH/c9-7-5-10-8-4-2-1-3-6(7)8;/h1-4,7H,5,9H2;1H. The van der Waals surface area contributed by atoms with Crippen LogP contribution in [0.15, 0.2) is 24.3 Å². The summed E-state index contributed by atoms with van der Waals surface area (Å²) in [7, 11) is 0. The van der Waals surface area contributed by atoms with Crippen LogP contribution in [0.2, 0.25) is 0 Å². The molecule has 0 amide bonds. The first-order chi connectivity index (χ1) is 4.88. The molecule has 1 aliphatic heterocycles. The van der Waals surface area contributed by atoms with E-state index in [2.05, 4.69) is 0 Å². The molecule has 0 fully saturated rings. The summed E-state index contributed by atoms with van der Waals surface area (Å²) in [5.41, 5.74) is 6.85. The van der Waals surface area contributed by atoms with E-state index in [1.165, 1.54) is 0 Å². The fourth-order valence-corrected chi connectivity index (χ4v) is 1.19. The topological polar surface area (TPSA) is 35.2 Å². The van der Waals surface area contributed by atoms with Crippen molar-refractivity contribution in [2.45, 2.75) is 6.04 Å². The normalized spacial score (nSPS) is 19.9. The van der Waals surface area contributed by atoms with Crippen LogP contribution >= 0.6 is 12.4 Å². The lowest BCUT2D eigenvalue weighted by molar-refractivity contribution is 0.333. The molecule has 0 saturated carbocycles. The van der Waals surface area contributed by atoms with E-state index in [-0.39, 0.29) is 18.4 Å². The molecule has 1 unspecified atom stereocenters. The molecule has 2 N–H and O–H groups in total. The lowest BCUT2D eigenvalue weighted by atomic mass is 10.1. The van der Waals surface area contributed by atoms with Crippen molar-refractivity contribution >= 4 is 12.4 Å². The van der Waals surface area contributed by atoms with Crippen LogP contribution in [0.1, 0.15) is 11.6 Å². The third-order valence-corrected chi connectivity index (χ3v) is 1.74. The van der Waals surface area contributed by atoms with E-state index < -0.39 is 0 Å². The Morgan fingerprint density at radius 3 is 2.82 bits per heavy atom. The first-order valence-corrected chi connectivity index (χ1v) is 3.35. The molecule has 11 heavy (non-hydrogen) atoms. The summed E-state index contributed by atoms with van der Waals surface area (Å²) in [5, 5.41) is 0. The highest BCUT2D eigenvalue weighted by atomic mass is 35.5. The molecule has 0 bridgehead atoms. The van der Waals surface area contributed by atoms with Gasteiger partial charge in [0.05, 0.1) is 6.04 Å². The van der Waals surface area contributed by atoms with Crippen LogP contribution in [0.5, 0.6) is 5.75 Å². The molecule has 2 nitrogen and oxygen atoms in total. The number of rotatable bonds is 0. The molecule has 0 spiro atoms. The Hall–Kier alpha value is -0.730. The van der Waals surface area contributed by atoms with Crippen LogP contribution < -0.4 is 10.5 Å². The molecule has 0 aromatic heterocycles. The Kier molecular flexibility index (Phi) is 2.37. The third kappa shape index (κ3) is 1.32. The zero-order valence-corrected chi connectivity index (χ0v) is 6.80. The zero-order valence-electron chi connectivity index (χ0n) is 5.99. The Morgan fingerprint density at radius 2 is 2.09 bits per heavy atom. The van der Waals surface area contributed by atoms with E-state index in [9.17, 15) is 0 Å². The molecule has 1 atom stereocenters. The van der Waals surface area contributed by atoms with Crippen molar-refractivity contribution in [2.75, 3.05) is 6.61 Å². The summed E-state index contributed by atoms with van der Waals surface area (Å²) in [6.45, 7) is 0.624. The maximum Gasteiger partial charge on any atom is 0.124 e. The highest BCUT2D eigenvalue weighted by Crippen LogP contribution is 2.29. The van der Waals surface area contributed by atoms with E-state index in [4.69, 9.17) is 10.5 Å². The molecule has 0 radical (unpaired) electrons. The van der Waals surface area contributed by atoms with Crippen LogP contribution in [-0.4, -0.2) is 6.61 Å². The number of nitrogens with two attached hydrogens (primary N) is 1. The highest BCUT2D eigenvalue weighted by molar-refractivity contribution is 5.85. The molecule has 2 rings (SSSR count). The Balaban J connectivity index is 0.000000605. The summed E-state index contributed by atoms with van der Waals surface area (Å²) in [4.78, 5) is 0. The van der Waals surface area contributed by atoms with Gasteiger partial charge in [-0.05, 0) is 6.07 Å². The maximum atomic E-state index is 5.72. The summed E-state index contributed by atoms with van der Waals surface area (Å²) in [6.07, 6.45) is 0. The molecule has 0 aliphatic carbocycles. The van der Waals surface area contributed by atoms with Crippen molar-refractivity contribution in [1.82, 2.24) is 0 Å². The summed E-state index contributed by atoms with van der Waals surface area (Å²) >= 11 is 0. The number of para-hydroxylation sites is 1. The van der Waals surface area contributed by atoms with Crippen LogP contribution in [0.4, 0.5) is 0 Å². The van der Waals surface area contributed by atoms with Gasteiger partial charge in [-0.3, -0.25) is 0 Å². The minimum atomic E-state index is 0. The molecule has 60 valence electrons. The Bertz CT molecular complexity index is 252. The van der Waals surface area contributed by atoms with E-state index in [0.717, 1.165) is 11.3 Å². The van der Waals surface area contributed by atoms with Gasteiger partial charge >= 0.3 is 0 Å². The van der Waals surface area contributed by atoms with Gasteiger partial charge in [0.2, 0.25) is 0 Å². The fraction of sp³-hybridized carbons (Fsp3) is 0.250. The quantitative estimate of drug-likeness (QED) is 0.642. The summed E-state index contributed by atoms with van der Waals surface area (Å²) in [5.74, 6) is 0.940. The SMILES string of the molecule is Cl.NC1COc2ccccc21. The minimum Gasteiger partial charge on any atom is -0.491 e. The van der Waals surface area contributed by atoms with Crippen LogP contribution in [0.3, 0.4) is 0 Å². The predicted octanol–water partition coefficient (Wildman–Crippen LogP) is 1.50. The second-order valence-corrected chi connectivity index (χ2v) is 2.46. The minimum absolute atomic E-state index is 0. The van der Waals surface area contributed by atoms with E-state index in [1.807, 2.05) is 24.3 Å². The third-order valence-electron chi connectivity index (χ3n) is 1.74. The van der Waals surface area contributed by atoms with Gasteiger partial charge in [0.25, 0.3) is 0 Å². The monoisotopic (exact) mass is 171 g/mol. The van der Waals surface area contributed by atoms with Gasteiger partial charge in [0.15, 0.2) is 0 Å². The highest BCUT2D eigenvalue weighted by Gasteiger charge is 2.18. The second-order valence-electron chi connectivity index (χ2n) is 2.46. The molecular formula is C8H10ClNO.